The maximum atomic E-state index is 11.8. The molecule has 0 amide bonds. The Balaban J connectivity index is 2.00. The van der Waals surface area contributed by atoms with Crippen LogP contribution in [0.1, 0.15) is 28.9 Å². The van der Waals surface area contributed by atoms with Crippen molar-refractivity contribution < 1.29 is 14.3 Å². The molecule has 0 aliphatic carbocycles. The van der Waals surface area contributed by atoms with E-state index in [9.17, 15) is 4.79 Å². The second-order valence-corrected chi connectivity index (χ2v) is 4.61. The molecule has 1 aromatic carbocycles. The number of carbonyl (C=O) groups is 1. The molecule has 6 heteroatoms. The van der Waals surface area contributed by atoms with E-state index in [1.54, 1.807) is 18.4 Å². The number of ether oxygens (including phenoxy) is 2. The van der Waals surface area contributed by atoms with Gasteiger partial charge in [0.2, 0.25) is 5.82 Å². The molecule has 6 nitrogen and oxygen atoms in total. The number of hydrogen-bond acceptors (Lipinski definition) is 5. The molecule has 0 N–H and O–H groups in total. The van der Waals surface area contributed by atoms with Crippen LogP contribution < -0.4 is 4.74 Å². The van der Waals surface area contributed by atoms with E-state index in [-0.39, 0.29) is 5.82 Å². The zero-order valence-corrected chi connectivity index (χ0v) is 12.5. The molecule has 0 saturated carbocycles. The third-order valence-corrected chi connectivity index (χ3v) is 2.97. The van der Waals surface area contributed by atoms with Crippen molar-refractivity contribution in [2.75, 3.05) is 13.2 Å². The average molecular weight is 289 g/mol. The first kappa shape index (κ1) is 15.0. The van der Waals surface area contributed by atoms with E-state index < -0.39 is 5.97 Å². The van der Waals surface area contributed by atoms with Gasteiger partial charge in [-0.05, 0) is 38.5 Å². The highest BCUT2D eigenvalue weighted by atomic mass is 16.5. The van der Waals surface area contributed by atoms with E-state index in [0.717, 1.165) is 11.3 Å². The minimum absolute atomic E-state index is 0.210. The molecule has 0 unspecified atom stereocenters. The monoisotopic (exact) mass is 289 g/mol. The number of aryl methyl sites for hydroxylation is 2. The minimum atomic E-state index is -0.464. The second kappa shape index (κ2) is 6.88. The normalized spacial score (nSPS) is 10.4. The van der Waals surface area contributed by atoms with Crippen LogP contribution in [0.25, 0.3) is 0 Å². The summed E-state index contributed by atoms with van der Waals surface area (Å²) in [5.74, 6) is 1.21. The van der Waals surface area contributed by atoms with Gasteiger partial charge in [0.1, 0.15) is 18.2 Å². The average Bonchev–Trinajstić information content (AvgIpc) is 2.81. The predicted molar refractivity (Wildman–Crippen MR) is 77.4 cm³/mol. The minimum Gasteiger partial charge on any atom is -0.492 e. The summed E-state index contributed by atoms with van der Waals surface area (Å²) in [6, 6.07) is 7.82. The lowest BCUT2D eigenvalue weighted by molar-refractivity contribution is 0.0504. The number of nitrogens with zero attached hydrogens (tertiary/aromatic N) is 3. The van der Waals surface area contributed by atoms with E-state index in [1.807, 2.05) is 31.2 Å². The summed E-state index contributed by atoms with van der Waals surface area (Å²) < 4.78 is 12.3. The summed E-state index contributed by atoms with van der Waals surface area (Å²) in [6.07, 6.45) is 0. The van der Waals surface area contributed by atoms with Gasteiger partial charge >= 0.3 is 5.97 Å². The zero-order valence-electron chi connectivity index (χ0n) is 12.5. The molecule has 0 radical (unpaired) electrons. The smallest absolute Gasteiger partial charge is 0.376 e. The first-order valence-corrected chi connectivity index (χ1v) is 6.88. The van der Waals surface area contributed by atoms with Crippen LogP contribution in [0, 0.1) is 13.8 Å². The SMILES string of the molecule is CCOC(=O)c1nnc(C)n1CCOc1cccc(C)c1. The molecule has 21 heavy (non-hydrogen) atoms. The summed E-state index contributed by atoms with van der Waals surface area (Å²) >= 11 is 0. The maximum Gasteiger partial charge on any atom is 0.376 e. The molecule has 0 atom stereocenters. The van der Waals surface area contributed by atoms with Crippen molar-refractivity contribution in [3.05, 3.63) is 41.5 Å². The Labute approximate surface area is 123 Å². The Hall–Kier alpha value is -2.37. The number of esters is 1. The van der Waals surface area contributed by atoms with Crippen LogP contribution in [0.3, 0.4) is 0 Å². The van der Waals surface area contributed by atoms with Crippen LogP contribution >= 0.6 is 0 Å². The van der Waals surface area contributed by atoms with E-state index in [4.69, 9.17) is 9.47 Å². The lowest BCUT2D eigenvalue weighted by Gasteiger charge is -2.10. The van der Waals surface area contributed by atoms with Crippen LogP contribution in [0.2, 0.25) is 0 Å². The fourth-order valence-corrected chi connectivity index (χ4v) is 1.96. The van der Waals surface area contributed by atoms with Crippen molar-refractivity contribution in [1.29, 1.82) is 0 Å². The van der Waals surface area contributed by atoms with Crippen molar-refractivity contribution in [2.24, 2.45) is 0 Å². The zero-order chi connectivity index (χ0) is 15.2. The Bertz CT molecular complexity index is 622. The van der Waals surface area contributed by atoms with Gasteiger partial charge in [-0.2, -0.15) is 0 Å². The third kappa shape index (κ3) is 3.81. The van der Waals surface area contributed by atoms with Crippen LogP contribution in [0.4, 0.5) is 0 Å². The van der Waals surface area contributed by atoms with E-state index >= 15 is 0 Å². The second-order valence-electron chi connectivity index (χ2n) is 4.61. The number of benzene rings is 1. The first-order chi connectivity index (χ1) is 10.1. The van der Waals surface area contributed by atoms with E-state index in [2.05, 4.69) is 10.2 Å². The number of carbonyl (C=O) groups excluding carboxylic acids is 1. The molecular formula is C15H19N3O3. The Morgan fingerprint density at radius 3 is 2.81 bits per heavy atom. The predicted octanol–water partition coefficient (Wildman–Crippen LogP) is 2.15. The van der Waals surface area contributed by atoms with Crippen LogP contribution in [-0.4, -0.2) is 33.9 Å². The van der Waals surface area contributed by atoms with E-state index in [1.165, 1.54) is 0 Å². The van der Waals surface area contributed by atoms with Gasteiger partial charge < -0.3 is 14.0 Å². The van der Waals surface area contributed by atoms with Gasteiger partial charge in [0.05, 0.1) is 13.2 Å². The lowest BCUT2D eigenvalue weighted by Crippen LogP contribution is -2.17. The summed E-state index contributed by atoms with van der Waals surface area (Å²) in [4.78, 5) is 11.8. The molecule has 0 fully saturated rings. The number of rotatable bonds is 6. The molecule has 2 aromatic rings. The molecule has 2 rings (SSSR count). The van der Waals surface area contributed by atoms with Crippen molar-refractivity contribution >= 4 is 5.97 Å². The third-order valence-electron chi connectivity index (χ3n) is 2.97. The van der Waals surface area contributed by atoms with Gasteiger partial charge in [0.15, 0.2) is 0 Å². The van der Waals surface area contributed by atoms with Crippen molar-refractivity contribution in [3.63, 3.8) is 0 Å². The quantitative estimate of drug-likeness (QED) is 0.762. The summed E-state index contributed by atoms with van der Waals surface area (Å²) in [5, 5.41) is 7.77. The molecule has 0 aliphatic heterocycles. The van der Waals surface area contributed by atoms with E-state index in [0.29, 0.717) is 25.6 Å². The topological polar surface area (TPSA) is 66.2 Å². The highest BCUT2D eigenvalue weighted by Crippen LogP contribution is 2.12. The Kier molecular flexibility index (Phi) is 4.92. The van der Waals surface area contributed by atoms with Gasteiger partial charge in [0.25, 0.3) is 0 Å². The molecule has 0 spiro atoms. The van der Waals surface area contributed by atoms with Gasteiger partial charge in [-0.15, -0.1) is 10.2 Å². The fourth-order valence-electron chi connectivity index (χ4n) is 1.96. The molecule has 112 valence electrons. The summed E-state index contributed by atoms with van der Waals surface area (Å²) in [6.45, 7) is 6.78. The van der Waals surface area contributed by atoms with Crippen LogP contribution in [0.15, 0.2) is 24.3 Å². The van der Waals surface area contributed by atoms with Gasteiger partial charge in [0, 0.05) is 0 Å². The van der Waals surface area contributed by atoms with Crippen LogP contribution in [0.5, 0.6) is 5.75 Å². The van der Waals surface area contributed by atoms with Crippen molar-refractivity contribution in [3.8, 4) is 5.75 Å². The van der Waals surface area contributed by atoms with Crippen molar-refractivity contribution in [2.45, 2.75) is 27.3 Å². The molecule has 0 saturated heterocycles. The van der Waals surface area contributed by atoms with Gasteiger partial charge in [-0.25, -0.2) is 4.79 Å². The first-order valence-electron chi connectivity index (χ1n) is 6.88. The molecule has 1 aromatic heterocycles. The molecule has 0 bridgehead atoms. The molecular weight excluding hydrogens is 270 g/mol. The van der Waals surface area contributed by atoms with Crippen LogP contribution in [-0.2, 0) is 11.3 Å². The maximum absolute atomic E-state index is 11.8. The molecule has 1 heterocycles. The molecule has 0 aliphatic rings. The van der Waals surface area contributed by atoms with Gasteiger partial charge in [-0.3, -0.25) is 0 Å². The summed E-state index contributed by atoms with van der Waals surface area (Å²) in [5.41, 5.74) is 1.14. The largest absolute Gasteiger partial charge is 0.492 e. The standard InChI is InChI=1S/C15H19N3O3/c1-4-20-15(19)14-17-16-12(3)18(14)8-9-21-13-7-5-6-11(2)10-13/h5-7,10H,4,8-9H2,1-3H3. The van der Waals surface area contributed by atoms with Crippen molar-refractivity contribution in [1.82, 2.24) is 14.8 Å². The number of aromatic nitrogens is 3. The highest BCUT2D eigenvalue weighted by molar-refractivity contribution is 5.85. The summed E-state index contributed by atoms with van der Waals surface area (Å²) in [7, 11) is 0. The lowest BCUT2D eigenvalue weighted by atomic mass is 10.2. The Morgan fingerprint density at radius 1 is 1.29 bits per heavy atom. The Morgan fingerprint density at radius 2 is 2.10 bits per heavy atom. The fraction of sp³-hybridized carbons (Fsp3) is 0.400. The highest BCUT2D eigenvalue weighted by Gasteiger charge is 2.17. The number of hydrogen-bond donors (Lipinski definition) is 0. The van der Waals surface area contributed by atoms with Gasteiger partial charge in [-0.1, -0.05) is 12.1 Å².